The largest absolute Gasteiger partial charge is 0.489 e. The molecule has 0 amide bonds. The van der Waals surface area contributed by atoms with E-state index in [0.717, 1.165) is 37.6 Å². The molecule has 4 heteroatoms. The molecular formula is C17H25ClN2O. The van der Waals surface area contributed by atoms with E-state index in [0.29, 0.717) is 11.1 Å². The normalized spacial score (nSPS) is 24.9. The highest BCUT2D eigenvalue weighted by Gasteiger charge is 2.23. The van der Waals surface area contributed by atoms with Gasteiger partial charge >= 0.3 is 0 Å². The molecule has 0 bridgehead atoms. The molecule has 0 radical (unpaired) electrons. The monoisotopic (exact) mass is 308 g/mol. The molecule has 3 rings (SSSR count). The van der Waals surface area contributed by atoms with E-state index in [1.165, 1.54) is 32.5 Å². The number of hydrogen-bond donors (Lipinski definition) is 1. The zero-order chi connectivity index (χ0) is 14.5. The summed E-state index contributed by atoms with van der Waals surface area (Å²) in [5.74, 6) is 1.66. The Morgan fingerprint density at radius 3 is 2.71 bits per heavy atom. The Morgan fingerprint density at radius 2 is 2.00 bits per heavy atom. The van der Waals surface area contributed by atoms with Crippen LogP contribution in [0, 0.1) is 5.92 Å². The smallest absolute Gasteiger partial charge is 0.138 e. The van der Waals surface area contributed by atoms with Crippen molar-refractivity contribution in [2.24, 2.45) is 5.92 Å². The number of rotatable bonds is 4. The summed E-state index contributed by atoms with van der Waals surface area (Å²) in [5.41, 5.74) is 0. The van der Waals surface area contributed by atoms with E-state index < -0.39 is 0 Å². The first-order valence-corrected chi connectivity index (χ1v) is 8.53. The predicted molar refractivity (Wildman–Crippen MR) is 87.1 cm³/mol. The Hall–Kier alpha value is -0.770. The molecule has 0 spiro atoms. The summed E-state index contributed by atoms with van der Waals surface area (Å²) in [5, 5.41) is 4.22. The number of ether oxygens (including phenoxy) is 1. The van der Waals surface area contributed by atoms with Crippen LogP contribution < -0.4 is 10.1 Å². The van der Waals surface area contributed by atoms with E-state index in [1.807, 2.05) is 24.3 Å². The van der Waals surface area contributed by atoms with Crippen LogP contribution in [0.4, 0.5) is 0 Å². The maximum absolute atomic E-state index is 6.16. The van der Waals surface area contributed by atoms with Crippen molar-refractivity contribution in [2.75, 3.05) is 32.7 Å². The van der Waals surface area contributed by atoms with Gasteiger partial charge in [-0.25, -0.2) is 0 Å². The lowest BCUT2D eigenvalue weighted by molar-refractivity contribution is 0.0880. The first-order chi connectivity index (χ1) is 10.3. The highest BCUT2D eigenvalue weighted by molar-refractivity contribution is 6.32. The van der Waals surface area contributed by atoms with Crippen LogP contribution in [0.5, 0.6) is 5.75 Å². The van der Waals surface area contributed by atoms with Crippen LogP contribution in [0.2, 0.25) is 5.02 Å². The van der Waals surface area contributed by atoms with Crippen molar-refractivity contribution in [3.63, 3.8) is 0 Å². The van der Waals surface area contributed by atoms with Crippen molar-refractivity contribution in [2.45, 2.75) is 31.8 Å². The Kier molecular flexibility index (Phi) is 5.39. The minimum atomic E-state index is 0.311. The molecule has 3 nitrogen and oxygen atoms in total. The number of hydrogen-bond acceptors (Lipinski definition) is 3. The third kappa shape index (κ3) is 4.35. The van der Waals surface area contributed by atoms with Gasteiger partial charge in [-0.15, -0.1) is 0 Å². The average Bonchev–Trinajstić information content (AvgIpc) is 2.52. The van der Waals surface area contributed by atoms with Crippen molar-refractivity contribution in [3.05, 3.63) is 29.3 Å². The molecule has 1 atom stereocenters. The summed E-state index contributed by atoms with van der Waals surface area (Å²) in [4.78, 5) is 2.60. The Balaban J connectivity index is 1.43. The van der Waals surface area contributed by atoms with E-state index in [9.17, 15) is 0 Å². The second kappa shape index (κ2) is 7.48. The van der Waals surface area contributed by atoms with Gasteiger partial charge in [0.2, 0.25) is 0 Å². The topological polar surface area (TPSA) is 24.5 Å². The summed E-state index contributed by atoms with van der Waals surface area (Å²) in [6, 6.07) is 7.77. The van der Waals surface area contributed by atoms with Crippen molar-refractivity contribution < 1.29 is 4.74 Å². The fourth-order valence-electron chi connectivity index (χ4n) is 3.37. The number of halogens is 1. The molecule has 2 saturated heterocycles. The second-order valence-electron chi connectivity index (χ2n) is 6.26. The van der Waals surface area contributed by atoms with E-state index in [2.05, 4.69) is 10.2 Å². The van der Waals surface area contributed by atoms with Crippen molar-refractivity contribution in [1.29, 1.82) is 0 Å². The maximum atomic E-state index is 6.16. The molecule has 1 unspecified atom stereocenters. The van der Waals surface area contributed by atoms with Gasteiger partial charge in [-0.1, -0.05) is 23.7 Å². The molecule has 1 N–H and O–H groups in total. The first-order valence-electron chi connectivity index (χ1n) is 8.15. The van der Waals surface area contributed by atoms with Crippen LogP contribution >= 0.6 is 11.6 Å². The number of nitrogens with one attached hydrogen (secondary N) is 1. The molecule has 1 aromatic rings. The van der Waals surface area contributed by atoms with E-state index in [1.54, 1.807) is 0 Å². The van der Waals surface area contributed by atoms with Crippen molar-refractivity contribution >= 4 is 11.6 Å². The van der Waals surface area contributed by atoms with Crippen LogP contribution in [-0.2, 0) is 0 Å². The average molecular weight is 309 g/mol. The molecule has 2 heterocycles. The summed E-state index contributed by atoms with van der Waals surface area (Å²) in [7, 11) is 0. The molecule has 2 aliphatic heterocycles. The third-order valence-electron chi connectivity index (χ3n) is 4.58. The van der Waals surface area contributed by atoms with Gasteiger partial charge in [0.1, 0.15) is 11.9 Å². The van der Waals surface area contributed by atoms with Crippen LogP contribution in [-0.4, -0.2) is 43.7 Å². The molecule has 0 aliphatic carbocycles. The van der Waals surface area contributed by atoms with Gasteiger partial charge in [0.25, 0.3) is 0 Å². The minimum absolute atomic E-state index is 0.311. The van der Waals surface area contributed by atoms with Gasteiger partial charge in [-0.05, 0) is 56.8 Å². The van der Waals surface area contributed by atoms with Gasteiger partial charge in [0.05, 0.1) is 5.02 Å². The highest BCUT2D eigenvalue weighted by Crippen LogP contribution is 2.27. The molecule has 21 heavy (non-hydrogen) atoms. The maximum Gasteiger partial charge on any atom is 0.138 e. The number of nitrogens with zero attached hydrogens (tertiary/aromatic N) is 1. The molecular weight excluding hydrogens is 284 g/mol. The predicted octanol–water partition coefficient (Wildman–Crippen LogP) is 3.18. The van der Waals surface area contributed by atoms with Crippen molar-refractivity contribution in [1.82, 2.24) is 10.2 Å². The van der Waals surface area contributed by atoms with Gasteiger partial charge in [0.15, 0.2) is 0 Å². The van der Waals surface area contributed by atoms with E-state index in [-0.39, 0.29) is 0 Å². The zero-order valence-electron chi connectivity index (χ0n) is 12.6. The summed E-state index contributed by atoms with van der Waals surface area (Å²) in [6.07, 6.45) is 5.22. The Morgan fingerprint density at radius 1 is 1.19 bits per heavy atom. The standard InChI is InChI=1S/C17H25ClN2O/c18-16-5-1-2-6-17(16)21-15-7-10-20(11-8-15)13-14-4-3-9-19-12-14/h1-2,5-6,14-15,19H,3-4,7-13H2. The van der Waals surface area contributed by atoms with E-state index in [4.69, 9.17) is 16.3 Å². The number of para-hydroxylation sites is 1. The number of piperidine rings is 2. The molecule has 0 aromatic heterocycles. The molecule has 2 aliphatic rings. The lowest BCUT2D eigenvalue weighted by Gasteiger charge is -2.35. The number of likely N-dealkylation sites (tertiary alicyclic amines) is 1. The van der Waals surface area contributed by atoms with Crippen LogP contribution in [0.25, 0.3) is 0 Å². The summed E-state index contributed by atoms with van der Waals surface area (Å²) >= 11 is 6.16. The van der Waals surface area contributed by atoms with E-state index >= 15 is 0 Å². The van der Waals surface area contributed by atoms with Gasteiger partial charge in [-0.2, -0.15) is 0 Å². The third-order valence-corrected chi connectivity index (χ3v) is 4.89. The molecule has 2 fully saturated rings. The van der Waals surface area contributed by atoms with Gasteiger partial charge in [-0.3, -0.25) is 0 Å². The van der Waals surface area contributed by atoms with Gasteiger partial charge < -0.3 is 15.0 Å². The SMILES string of the molecule is Clc1ccccc1OC1CCN(CC2CCCNC2)CC1. The highest BCUT2D eigenvalue weighted by atomic mass is 35.5. The second-order valence-corrected chi connectivity index (χ2v) is 6.67. The summed E-state index contributed by atoms with van der Waals surface area (Å²) < 4.78 is 6.05. The van der Waals surface area contributed by atoms with Crippen LogP contribution in [0.15, 0.2) is 24.3 Å². The molecule has 0 saturated carbocycles. The minimum Gasteiger partial charge on any atom is -0.489 e. The fraction of sp³-hybridized carbons (Fsp3) is 0.647. The van der Waals surface area contributed by atoms with Crippen LogP contribution in [0.3, 0.4) is 0 Å². The van der Waals surface area contributed by atoms with Crippen molar-refractivity contribution in [3.8, 4) is 5.75 Å². The molecule has 1 aromatic carbocycles. The van der Waals surface area contributed by atoms with Crippen LogP contribution in [0.1, 0.15) is 25.7 Å². The zero-order valence-corrected chi connectivity index (χ0v) is 13.3. The van der Waals surface area contributed by atoms with Gasteiger partial charge in [0, 0.05) is 19.6 Å². The Labute approximate surface area is 132 Å². The quantitative estimate of drug-likeness (QED) is 0.924. The lowest BCUT2D eigenvalue weighted by Crippen LogP contribution is -2.43. The molecule has 116 valence electrons. The first kappa shape index (κ1) is 15.1. The lowest BCUT2D eigenvalue weighted by atomic mass is 9.97. The summed E-state index contributed by atoms with van der Waals surface area (Å²) in [6.45, 7) is 5.92. The number of benzene rings is 1. The fourth-order valence-corrected chi connectivity index (χ4v) is 3.55. The Bertz CT molecular complexity index is 440.